The number of fused-ring (bicyclic) bond motifs is 3. The average Bonchev–Trinajstić information content (AvgIpc) is 2.77. The fourth-order valence-electron chi connectivity index (χ4n) is 2.19. The summed E-state index contributed by atoms with van der Waals surface area (Å²) in [6, 6.07) is 9.92. The van der Waals surface area contributed by atoms with Crippen molar-refractivity contribution in [2.45, 2.75) is 6.92 Å². The minimum absolute atomic E-state index is 0.144. The van der Waals surface area contributed by atoms with Crippen molar-refractivity contribution in [3.63, 3.8) is 0 Å². The molecule has 0 aliphatic carbocycles. The van der Waals surface area contributed by atoms with E-state index < -0.39 is 0 Å². The van der Waals surface area contributed by atoms with Crippen LogP contribution in [0.5, 0.6) is 0 Å². The van der Waals surface area contributed by atoms with Crippen molar-refractivity contribution in [3.8, 4) is 0 Å². The number of aromatic nitrogens is 2. The number of amides is 1. The van der Waals surface area contributed by atoms with Crippen LogP contribution in [-0.4, -0.2) is 22.4 Å². The summed E-state index contributed by atoms with van der Waals surface area (Å²) >= 11 is 0. The molecule has 0 unspecified atom stereocenters. The van der Waals surface area contributed by atoms with E-state index in [2.05, 4.69) is 15.3 Å². The van der Waals surface area contributed by atoms with Gasteiger partial charge >= 0.3 is 0 Å². The molecule has 0 saturated heterocycles. The van der Waals surface area contributed by atoms with E-state index >= 15 is 0 Å². The van der Waals surface area contributed by atoms with Crippen LogP contribution in [-0.2, 0) is 0 Å². The van der Waals surface area contributed by atoms with Crippen molar-refractivity contribution in [1.82, 2.24) is 15.3 Å². The van der Waals surface area contributed by atoms with Gasteiger partial charge in [0.2, 0.25) is 0 Å². The summed E-state index contributed by atoms with van der Waals surface area (Å²) in [7, 11) is 0. The molecule has 2 heterocycles. The number of hydrogen-bond acceptors (Lipinski definition) is 2. The largest absolute Gasteiger partial charge is 0.353 e. The van der Waals surface area contributed by atoms with E-state index in [0.29, 0.717) is 12.2 Å². The van der Waals surface area contributed by atoms with Crippen LogP contribution in [0.1, 0.15) is 17.4 Å². The van der Waals surface area contributed by atoms with Crippen LogP contribution in [0.2, 0.25) is 0 Å². The van der Waals surface area contributed by atoms with Gasteiger partial charge in [0.15, 0.2) is 5.69 Å². The summed E-state index contributed by atoms with van der Waals surface area (Å²) in [5.41, 5.74) is 2.27. The molecule has 4 heteroatoms. The first-order chi connectivity index (χ1) is 8.81. The van der Waals surface area contributed by atoms with Crippen LogP contribution >= 0.6 is 0 Å². The number of nitrogens with one attached hydrogen (secondary N) is 2. The zero-order valence-corrected chi connectivity index (χ0v) is 10.0. The first-order valence-corrected chi connectivity index (χ1v) is 5.95. The van der Waals surface area contributed by atoms with Gasteiger partial charge in [0.05, 0.1) is 5.52 Å². The summed E-state index contributed by atoms with van der Waals surface area (Å²) in [6.07, 6.45) is 1.67. The van der Waals surface area contributed by atoms with Crippen molar-refractivity contribution >= 4 is 27.7 Å². The number of aromatic amines is 1. The molecular formula is C14H13N3O. The van der Waals surface area contributed by atoms with Gasteiger partial charge in [0.25, 0.3) is 5.91 Å². The third-order valence-electron chi connectivity index (χ3n) is 2.98. The normalized spacial score (nSPS) is 10.9. The predicted molar refractivity (Wildman–Crippen MR) is 71.6 cm³/mol. The molecule has 0 aliphatic rings. The number of benzene rings is 1. The van der Waals surface area contributed by atoms with E-state index in [4.69, 9.17) is 0 Å². The molecule has 2 N–H and O–H groups in total. The van der Waals surface area contributed by atoms with E-state index in [1.54, 1.807) is 6.20 Å². The molecule has 3 aromatic rings. The Morgan fingerprint density at radius 2 is 2.11 bits per heavy atom. The molecule has 4 nitrogen and oxygen atoms in total. The SMILES string of the molecule is CCNC(=O)c1nccc2c1[nH]c1ccccc12. The van der Waals surface area contributed by atoms with Gasteiger partial charge in [-0.1, -0.05) is 18.2 Å². The minimum atomic E-state index is -0.144. The van der Waals surface area contributed by atoms with Crippen LogP contribution in [0.15, 0.2) is 36.5 Å². The highest BCUT2D eigenvalue weighted by Crippen LogP contribution is 2.26. The number of H-pyrrole nitrogens is 1. The zero-order chi connectivity index (χ0) is 12.5. The van der Waals surface area contributed by atoms with Gasteiger partial charge in [0, 0.05) is 29.0 Å². The maximum absolute atomic E-state index is 11.9. The van der Waals surface area contributed by atoms with Gasteiger partial charge in [-0.25, -0.2) is 4.98 Å². The average molecular weight is 239 g/mol. The second kappa shape index (κ2) is 4.14. The monoisotopic (exact) mass is 239 g/mol. The van der Waals surface area contributed by atoms with Gasteiger partial charge in [0.1, 0.15) is 0 Å². The molecule has 3 rings (SSSR count). The quantitative estimate of drug-likeness (QED) is 0.721. The fourth-order valence-corrected chi connectivity index (χ4v) is 2.19. The van der Waals surface area contributed by atoms with E-state index in [-0.39, 0.29) is 5.91 Å². The van der Waals surface area contributed by atoms with Crippen LogP contribution < -0.4 is 5.32 Å². The first kappa shape index (κ1) is 10.8. The lowest BCUT2D eigenvalue weighted by molar-refractivity contribution is 0.0952. The van der Waals surface area contributed by atoms with E-state index in [0.717, 1.165) is 21.8 Å². The summed E-state index contributed by atoms with van der Waals surface area (Å²) in [4.78, 5) is 19.4. The van der Waals surface area contributed by atoms with Crippen molar-refractivity contribution in [3.05, 3.63) is 42.2 Å². The molecule has 90 valence electrons. The number of nitrogens with zero attached hydrogens (tertiary/aromatic N) is 1. The Balaban J connectivity index is 2.31. The fraction of sp³-hybridized carbons (Fsp3) is 0.143. The van der Waals surface area contributed by atoms with Crippen molar-refractivity contribution in [1.29, 1.82) is 0 Å². The highest BCUT2D eigenvalue weighted by atomic mass is 16.1. The van der Waals surface area contributed by atoms with Gasteiger partial charge in [-0.15, -0.1) is 0 Å². The molecule has 0 saturated carbocycles. The van der Waals surface area contributed by atoms with E-state index in [9.17, 15) is 4.79 Å². The Hall–Kier alpha value is -2.36. The second-order valence-electron chi connectivity index (χ2n) is 4.11. The van der Waals surface area contributed by atoms with E-state index in [1.807, 2.05) is 37.3 Å². The molecular weight excluding hydrogens is 226 g/mol. The zero-order valence-electron chi connectivity index (χ0n) is 10.0. The van der Waals surface area contributed by atoms with Crippen LogP contribution in [0, 0.1) is 0 Å². The first-order valence-electron chi connectivity index (χ1n) is 5.95. The molecule has 0 spiro atoms. The predicted octanol–water partition coefficient (Wildman–Crippen LogP) is 2.47. The van der Waals surface area contributed by atoms with E-state index in [1.165, 1.54) is 0 Å². The van der Waals surface area contributed by atoms with Gasteiger partial charge in [-0.2, -0.15) is 0 Å². The molecule has 0 atom stereocenters. The van der Waals surface area contributed by atoms with Gasteiger partial charge < -0.3 is 10.3 Å². The molecule has 0 aliphatic heterocycles. The van der Waals surface area contributed by atoms with Gasteiger partial charge in [-0.3, -0.25) is 4.79 Å². The number of carbonyl (C=O) groups excluding carboxylic acids is 1. The number of pyridine rings is 1. The maximum Gasteiger partial charge on any atom is 0.272 e. The molecule has 0 bridgehead atoms. The molecule has 0 radical (unpaired) electrons. The number of hydrogen-bond donors (Lipinski definition) is 2. The Morgan fingerprint density at radius 1 is 1.28 bits per heavy atom. The highest BCUT2D eigenvalue weighted by molar-refractivity contribution is 6.13. The summed E-state index contributed by atoms with van der Waals surface area (Å²) < 4.78 is 0. The molecule has 18 heavy (non-hydrogen) atoms. The lowest BCUT2D eigenvalue weighted by atomic mass is 10.1. The third kappa shape index (κ3) is 1.54. The third-order valence-corrected chi connectivity index (χ3v) is 2.98. The Bertz CT molecular complexity index is 730. The molecule has 0 fully saturated rings. The van der Waals surface area contributed by atoms with Gasteiger partial charge in [-0.05, 0) is 19.1 Å². The highest BCUT2D eigenvalue weighted by Gasteiger charge is 2.13. The standard InChI is InChI=1S/C14H13N3O/c1-2-15-14(18)13-12-10(7-8-16-13)9-5-3-4-6-11(9)17-12/h3-8,17H,2H2,1H3,(H,15,18). The molecule has 1 amide bonds. The van der Waals surface area contributed by atoms with Crippen LogP contribution in [0.25, 0.3) is 21.8 Å². The minimum Gasteiger partial charge on any atom is -0.353 e. The number of para-hydroxylation sites is 1. The molecule has 2 aromatic heterocycles. The summed E-state index contributed by atoms with van der Waals surface area (Å²) in [6.45, 7) is 2.49. The lowest BCUT2D eigenvalue weighted by Gasteiger charge is -2.02. The van der Waals surface area contributed by atoms with Crippen molar-refractivity contribution in [2.75, 3.05) is 6.54 Å². The number of rotatable bonds is 2. The second-order valence-corrected chi connectivity index (χ2v) is 4.11. The summed E-state index contributed by atoms with van der Waals surface area (Å²) in [5, 5.41) is 4.92. The number of carbonyl (C=O) groups is 1. The lowest BCUT2D eigenvalue weighted by Crippen LogP contribution is -2.23. The van der Waals surface area contributed by atoms with Crippen molar-refractivity contribution in [2.24, 2.45) is 0 Å². The maximum atomic E-state index is 11.9. The Labute approximate surface area is 104 Å². The smallest absolute Gasteiger partial charge is 0.272 e. The Morgan fingerprint density at radius 3 is 2.94 bits per heavy atom. The van der Waals surface area contributed by atoms with Crippen LogP contribution in [0.4, 0.5) is 0 Å². The topological polar surface area (TPSA) is 57.8 Å². The molecule has 1 aromatic carbocycles. The van der Waals surface area contributed by atoms with Crippen molar-refractivity contribution < 1.29 is 4.79 Å². The summed E-state index contributed by atoms with van der Waals surface area (Å²) in [5.74, 6) is -0.144. The Kier molecular flexibility index (Phi) is 2.48. The van der Waals surface area contributed by atoms with Crippen LogP contribution in [0.3, 0.4) is 0 Å².